The minimum absolute atomic E-state index is 0.715. The lowest BCUT2D eigenvalue weighted by molar-refractivity contribution is 1.18. The van der Waals surface area contributed by atoms with Gasteiger partial charge in [-0.05, 0) is 50.5 Å². The van der Waals surface area contributed by atoms with E-state index in [1.807, 2.05) is 42.6 Å². The fourth-order valence-electron chi connectivity index (χ4n) is 5.75. The van der Waals surface area contributed by atoms with Crippen molar-refractivity contribution < 1.29 is 0 Å². The largest absolute Gasteiger partial charge is 0.256 e. The van der Waals surface area contributed by atoms with Gasteiger partial charge in [-0.1, -0.05) is 115 Å². The van der Waals surface area contributed by atoms with E-state index in [2.05, 4.69) is 102 Å². The van der Waals surface area contributed by atoms with E-state index in [4.69, 9.17) is 9.97 Å². The van der Waals surface area contributed by atoms with E-state index in [1.165, 1.54) is 32.3 Å². The Hall–Kier alpha value is -5.41. The second kappa shape index (κ2) is 9.11. The summed E-state index contributed by atoms with van der Waals surface area (Å²) in [7, 11) is 0. The highest BCUT2D eigenvalue weighted by Crippen LogP contribution is 2.39. The van der Waals surface area contributed by atoms with Crippen molar-refractivity contribution in [1.29, 1.82) is 0 Å². The molecule has 3 heteroatoms. The first-order valence-electron chi connectivity index (χ1n) is 13.5. The second-order valence-electron chi connectivity index (χ2n) is 10.1. The molecule has 0 amide bonds. The highest BCUT2D eigenvalue weighted by molar-refractivity contribution is 6.25. The molecule has 6 aromatic carbocycles. The molecule has 8 rings (SSSR count). The summed E-state index contributed by atoms with van der Waals surface area (Å²) in [4.78, 5) is 14.7. The Labute approximate surface area is 231 Å². The van der Waals surface area contributed by atoms with Crippen LogP contribution in [0.5, 0.6) is 0 Å². The number of nitrogens with zero attached hydrogens (tertiary/aromatic N) is 3. The molecule has 40 heavy (non-hydrogen) atoms. The molecule has 0 aliphatic heterocycles. The lowest BCUT2D eigenvalue weighted by Crippen LogP contribution is -1.97. The monoisotopic (exact) mass is 509 g/mol. The summed E-state index contributed by atoms with van der Waals surface area (Å²) in [6.45, 7) is 0. The summed E-state index contributed by atoms with van der Waals surface area (Å²) in [6.07, 6.45) is 1.82. The van der Waals surface area contributed by atoms with Crippen LogP contribution >= 0.6 is 0 Å². The second-order valence-corrected chi connectivity index (χ2v) is 10.1. The number of rotatable bonds is 4. The molecule has 0 radical (unpaired) electrons. The molecular weight excluding hydrogens is 486 g/mol. The Morgan fingerprint density at radius 3 is 1.80 bits per heavy atom. The van der Waals surface area contributed by atoms with Crippen molar-refractivity contribution in [3.8, 4) is 45.2 Å². The first-order chi connectivity index (χ1) is 19.8. The molecule has 0 aliphatic carbocycles. The predicted molar refractivity (Wildman–Crippen MR) is 165 cm³/mol. The molecule has 2 heterocycles. The van der Waals surface area contributed by atoms with E-state index in [0.717, 1.165) is 39.3 Å². The quantitative estimate of drug-likeness (QED) is 0.222. The average Bonchev–Trinajstić information content (AvgIpc) is 3.04. The molecular formula is C37H23N3. The Bertz CT molecular complexity index is 2120. The highest BCUT2D eigenvalue weighted by Gasteiger charge is 2.16. The van der Waals surface area contributed by atoms with Gasteiger partial charge in [-0.3, -0.25) is 4.98 Å². The molecule has 0 bridgehead atoms. The minimum atomic E-state index is 0.715. The van der Waals surface area contributed by atoms with Gasteiger partial charge in [0, 0.05) is 28.5 Å². The third kappa shape index (κ3) is 3.71. The summed E-state index contributed by atoms with van der Waals surface area (Å²) < 4.78 is 0. The molecule has 0 saturated carbocycles. The van der Waals surface area contributed by atoms with E-state index < -0.39 is 0 Å². The number of pyridine rings is 1. The molecule has 8 aromatic rings. The van der Waals surface area contributed by atoms with Gasteiger partial charge in [0.05, 0.1) is 17.1 Å². The van der Waals surface area contributed by atoms with Crippen molar-refractivity contribution in [2.45, 2.75) is 0 Å². The summed E-state index contributed by atoms with van der Waals surface area (Å²) in [6, 6.07) is 46.6. The maximum atomic E-state index is 5.13. The van der Waals surface area contributed by atoms with Gasteiger partial charge in [0.1, 0.15) is 0 Å². The van der Waals surface area contributed by atoms with Gasteiger partial charge in [0.2, 0.25) is 0 Å². The van der Waals surface area contributed by atoms with E-state index in [9.17, 15) is 0 Å². The van der Waals surface area contributed by atoms with Gasteiger partial charge in [0.15, 0.2) is 5.82 Å². The van der Waals surface area contributed by atoms with Crippen LogP contribution in [0.4, 0.5) is 0 Å². The van der Waals surface area contributed by atoms with Gasteiger partial charge in [0.25, 0.3) is 0 Å². The van der Waals surface area contributed by atoms with Crippen LogP contribution < -0.4 is 0 Å². The predicted octanol–water partition coefficient (Wildman–Crippen LogP) is 9.44. The molecule has 186 valence electrons. The van der Waals surface area contributed by atoms with E-state index in [-0.39, 0.29) is 0 Å². The van der Waals surface area contributed by atoms with E-state index in [1.54, 1.807) is 0 Å². The standard InChI is InChI=1S/C37H23N3/c1-2-7-29(8-3-1)37-39-33(25-14-12-24(13-15-25)32-11-4-5-22-38-32)23-34(40-37)30-20-18-28-17-16-26-9-6-10-27-19-21-31(30)36(28)35(26)27/h1-23H. The van der Waals surface area contributed by atoms with E-state index in [0.29, 0.717) is 5.82 Å². The van der Waals surface area contributed by atoms with Gasteiger partial charge in [-0.2, -0.15) is 0 Å². The molecule has 0 saturated heterocycles. The summed E-state index contributed by atoms with van der Waals surface area (Å²) in [5.74, 6) is 0.715. The Morgan fingerprint density at radius 2 is 1.05 bits per heavy atom. The zero-order chi connectivity index (χ0) is 26.5. The fraction of sp³-hybridized carbons (Fsp3) is 0. The van der Waals surface area contributed by atoms with Crippen LogP contribution in [0.25, 0.3) is 77.5 Å². The summed E-state index contributed by atoms with van der Waals surface area (Å²) in [5.41, 5.74) is 6.98. The van der Waals surface area contributed by atoms with Gasteiger partial charge >= 0.3 is 0 Å². The van der Waals surface area contributed by atoms with Crippen molar-refractivity contribution in [1.82, 2.24) is 15.0 Å². The molecule has 0 spiro atoms. The fourth-order valence-corrected chi connectivity index (χ4v) is 5.75. The van der Waals surface area contributed by atoms with Crippen LogP contribution in [0.3, 0.4) is 0 Å². The molecule has 0 aliphatic rings. The first-order valence-corrected chi connectivity index (χ1v) is 13.5. The number of hydrogen-bond donors (Lipinski definition) is 0. The van der Waals surface area contributed by atoms with Crippen LogP contribution in [0.1, 0.15) is 0 Å². The van der Waals surface area contributed by atoms with Crippen LogP contribution in [0, 0.1) is 0 Å². The average molecular weight is 510 g/mol. The van der Waals surface area contributed by atoms with Crippen LogP contribution in [0.2, 0.25) is 0 Å². The van der Waals surface area contributed by atoms with Crippen molar-refractivity contribution in [2.24, 2.45) is 0 Å². The molecule has 3 nitrogen and oxygen atoms in total. The molecule has 0 N–H and O–H groups in total. The van der Waals surface area contributed by atoms with Crippen LogP contribution in [-0.2, 0) is 0 Å². The maximum Gasteiger partial charge on any atom is 0.160 e. The Balaban J connectivity index is 1.34. The van der Waals surface area contributed by atoms with Crippen LogP contribution in [0.15, 0.2) is 140 Å². The number of aromatic nitrogens is 3. The maximum absolute atomic E-state index is 5.13. The lowest BCUT2D eigenvalue weighted by atomic mass is 9.91. The third-order valence-electron chi connectivity index (χ3n) is 7.70. The number of hydrogen-bond acceptors (Lipinski definition) is 3. The third-order valence-corrected chi connectivity index (χ3v) is 7.70. The minimum Gasteiger partial charge on any atom is -0.256 e. The van der Waals surface area contributed by atoms with Crippen molar-refractivity contribution >= 4 is 32.3 Å². The molecule has 0 unspecified atom stereocenters. The topological polar surface area (TPSA) is 38.7 Å². The first kappa shape index (κ1) is 22.6. The van der Waals surface area contributed by atoms with Gasteiger partial charge in [-0.25, -0.2) is 9.97 Å². The zero-order valence-electron chi connectivity index (χ0n) is 21.6. The highest BCUT2D eigenvalue weighted by atomic mass is 14.9. The zero-order valence-corrected chi connectivity index (χ0v) is 21.6. The van der Waals surface area contributed by atoms with E-state index >= 15 is 0 Å². The Kier molecular flexibility index (Phi) is 5.14. The normalized spacial score (nSPS) is 11.5. The molecule has 2 aromatic heterocycles. The van der Waals surface area contributed by atoms with Crippen molar-refractivity contribution in [2.75, 3.05) is 0 Å². The van der Waals surface area contributed by atoms with Crippen LogP contribution in [-0.4, -0.2) is 15.0 Å². The summed E-state index contributed by atoms with van der Waals surface area (Å²) in [5, 5.41) is 7.56. The number of benzene rings is 6. The SMILES string of the molecule is c1ccc(-c2nc(-c3ccc(-c4ccccn4)cc3)cc(-c3ccc4ccc5cccc6ccc3c4c56)n2)cc1. The molecule has 0 atom stereocenters. The molecule has 0 fully saturated rings. The summed E-state index contributed by atoms with van der Waals surface area (Å²) >= 11 is 0. The van der Waals surface area contributed by atoms with Crippen molar-refractivity contribution in [3.05, 3.63) is 140 Å². The Morgan fingerprint density at radius 1 is 0.400 bits per heavy atom. The smallest absolute Gasteiger partial charge is 0.160 e. The van der Waals surface area contributed by atoms with Gasteiger partial charge < -0.3 is 0 Å². The van der Waals surface area contributed by atoms with Gasteiger partial charge in [-0.15, -0.1) is 0 Å². The lowest BCUT2D eigenvalue weighted by Gasteiger charge is -2.15. The van der Waals surface area contributed by atoms with Crippen molar-refractivity contribution in [3.63, 3.8) is 0 Å².